The van der Waals surface area contributed by atoms with Gasteiger partial charge < -0.3 is 19.9 Å². The van der Waals surface area contributed by atoms with Crippen LogP contribution in [0.2, 0.25) is 0 Å². The maximum absolute atomic E-state index is 12.6. The topological polar surface area (TPSA) is 60.4 Å². The molecule has 0 aromatic heterocycles. The molecule has 1 amide bonds. The first-order valence-corrected chi connectivity index (χ1v) is 10.6. The van der Waals surface area contributed by atoms with Crippen LogP contribution in [0.5, 0.6) is 0 Å². The van der Waals surface area contributed by atoms with Crippen LogP contribution in [-0.2, 0) is 9.53 Å². The minimum atomic E-state index is -0.0189. The number of guanidine groups is 1. The van der Waals surface area contributed by atoms with Crippen molar-refractivity contribution in [2.45, 2.75) is 46.1 Å². The van der Waals surface area contributed by atoms with Crippen molar-refractivity contribution in [1.82, 2.24) is 20.0 Å². The summed E-state index contributed by atoms with van der Waals surface area (Å²) in [7, 11) is 1.83. The van der Waals surface area contributed by atoms with E-state index in [4.69, 9.17) is 4.74 Å². The van der Waals surface area contributed by atoms with Gasteiger partial charge in [0.25, 0.3) is 0 Å². The first kappa shape index (κ1) is 25.4. The molecule has 7 nitrogen and oxygen atoms in total. The lowest BCUT2D eigenvalue weighted by molar-refractivity contribution is -0.135. The molecule has 1 N–H and O–H groups in total. The van der Waals surface area contributed by atoms with Gasteiger partial charge >= 0.3 is 0 Å². The van der Waals surface area contributed by atoms with Crippen LogP contribution in [0.1, 0.15) is 40.0 Å². The third kappa shape index (κ3) is 8.02. The van der Waals surface area contributed by atoms with Gasteiger partial charge in [-0.25, -0.2) is 0 Å². The molecule has 2 aliphatic heterocycles. The Bertz CT molecular complexity index is 475. The Balaban J connectivity index is 0.00000392. The zero-order chi connectivity index (χ0) is 19.6. The largest absolute Gasteiger partial charge is 0.380 e. The van der Waals surface area contributed by atoms with Crippen molar-refractivity contribution in [3.8, 4) is 0 Å². The number of ether oxygens (including phenoxy) is 1. The molecule has 1 atom stereocenters. The van der Waals surface area contributed by atoms with Crippen LogP contribution in [0.4, 0.5) is 0 Å². The molecule has 28 heavy (non-hydrogen) atoms. The number of rotatable bonds is 8. The van der Waals surface area contributed by atoms with Crippen molar-refractivity contribution >= 4 is 35.8 Å². The van der Waals surface area contributed by atoms with Crippen molar-refractivity contribution in [3.63, 3.8) is 0 Å². The third-order valence-corrected chi connectivity index (χ3v) is 5.52. The fraction of sp³-hybridized carbons (Fsp3) is 0.900. The molecule has 0 aliphatic carbocycles. The summed E-state index contributed by atoms with van der Waals surface area (Å²) in [6.45, 7) is 14.2. The Morgan fingerprint density at radius 3 is 2.21 bits per heavy atom. The normalized spacial score (nSPS) is 19.7. The fourth-order valence-corrected chi connectivity index (χ4v) is 3.67. The Labute approximate surface area is 188 Å². The number of hydrogen-bond donors (Lipinski definition) is 1. The molecule has 2 fully saturated rings. The van der Waals surface area contributed by atoms with Gasteiger partial charge in [-0.05, 0) is 32.1 Å². The molecular formula is C20H40IN5O2. The smallest absolute Gasteiger partial charge is 0.239 e. The highest BCUT2D eigenvalue weighted by Gasteiger charge is 2.30. The number of hydrogen-bond acceptors (Lipinski definition) is 4. The summed E-state index contributed by atoms with van der Waals surface area (Å²) in [5.41, 5.74) is 0. The summed E-state index contributed by atoms with van der Waals surface area (Å²) >= 11 is 0. The molecule has 0 spiro atoms. The van der Waals surface area contributed by atoms with Gasteiger partial charge in [0, 0.05) is 59.5 Å². The Hall–Kier alpha value is -0.610. The average molecular weight is 509 g/mol. The average Bonchev–Trinajstić information content (AvgIpc) is 3.21. The van der Waals surface area contributed by atoms with E-state index in [9.17, 15) is 4.79 Å². The van der Waals surface area contributed by atoms with E-state index in [-0.39, 0.29) is 30.0 Å². The van der Waals surface area contributed by atoms with Crippen molar-refractivity contribution < 1.29 is 9.53 Å². The molecule has 8 heteroatoms. The SMILES string of the molecule is CN=C(NCCOCCC(C)C)N1CCN(C(C)C(=O)N2CCCC2)CC1.I. The quantitative estimate of drug-likeness (QED) is 0.234. The molecule has 164 valence electrons. The van der Waals surface area contributed by atoms with Gasteiger partial charge in [-0.3, -0.25) is 14.7 Å². The van der Waals surface area contributed by atoms with Crippen molar-refractivity contribution in [1.29, 1.82) is 0 Å². The lowest BCUT2D eigenvalue weighted by Gasteiger charge is -2.39. The lowest BCUT2D eigenvalue weighted by Crippen LogP contribution is -2.57. The number of carbonyl (C=O) groups excluding carboxylic acids is 1. The van der Waals surface area contributed by atoms with E-state index in [0.717, 1.165) is 77.6 Å². The van der Waals surface area contributed by atoms with Crippen molar-refractivity contribution in [2.75, 3.05) is 66.1 Å². The maximum atomic E-state index is 12.6. The van der Waals surface area contributed by atoms with E-state index in [1.54, 1.807) is 0 Å². The van der Waals surface area contributed by atoms with E-state index >= 15 is 0 Å². The monoisotopic (exact) mass is 509 g/mol. The van der Waals surface area contributed by atoms with Crippen LogP contribution in [0.3, 0.4) is 0 Å². The molecular weight excluding hydrogens is 469 g/mol. The Kier molecular flexibility index (Phi) is 12.3. The second-order valence-electron chi connectivity index (χ2n) is 8.00. The van der Waals surface area contributed by atoms with Crippen molar-refractivity contribution in [2.24, 2.45) is 10.9 Å². The fourth-order valence-electron chi connectivity index (χ4n) is 3.67. The molecule has 0 saturated carbocycles. The van der Waals surface area contributed by atoms with Crippen LogP contribution in [0.25, 0.3) is 0 Å². The summed E-state index contributed by atoms with van der Waals surface area (Å²) in [5.74, 6) is 1.91. The van der Waals surface area contributed by atoms with E-state index < -0.39 is 0 Å². The predicted molar refractivity (Wildman–Crippen MR) is 125 cm³/mol. The number of nitrogens with zero attached hydrogens (tertiary/aromatic N) is 4. The lowest BCUT2D eigenvalue weighted by atomic mass is 10.1. The van der Waals surface area contributed by atoms with E-state index in [1.165, 1.54) is 0 Å². The molecule has 2 saturated heterocycles. The van der Waals surface area contributed by atoms with Crippen LogP contribution >= 0.6 is 24.0 Å². The molecule has 2 heterocycles. The second kappa shape index (κ2) is 13.6. The van der Waals surface area contributed by atoms with Gasteiger partial charge in [-0.1, -0.05) is 13.8 Å². The van der Waals surface area contributed by atoms with Crippen LogP contribution in [0.15, 0.2) is 4.99 Å². The predicted octanol–water partition coefficient (Wildman–Crippen LogP) is 1.87. The number of amides is 1. The first-order valence-electron chi connectivity index (χ1n) is 10.6. The maximum Gasteiger partial charge on any atom is 0.239 e. The van der Waals surface area contributed by atoms with E-state index in [2.05, 4.69) is 40.9 Å². The summed E-state index contributed by atoms with van der Waals surface area (Å²) < 4.78 is 5.66. The minimum Gasteiger partial charge on any atom is -0.380 e. The van der Waals surface area contributed by atoms with Crippen LogP contribution in [0, 0.1) is 5.92 Å². The van der Waals surface area contributed by atoms with Gasteiger partial charge in [0.1, 0.15) is 0 Å². The van der Waals surface area contributed by atoms with Gasteiger partial charge in [-0.2, -0.15) is 0 Å². The standard InChI is InChI=1S/C20H39N5O2.HI/c1-17(2)7-15-27-16-8-22-20(21-4)25-13-11-23(12-14-25)18(3)19(26)24-9-5-6-10-24;/h17-18H,5-16H2,1-4H3,(H,21,22);1H. The zero-order valence-electron chi connectivity index (χ0n) is 18.2. The third-order valence-electron chi connectivity index (χ3n) is 5.52. The molecule has 0 aromatic rings. The van der Waals surface area contributed by atoms with Crippen LogP contribution < -0.4 is 5.32 Å². The summed E-state index contributed by atoms with van der Waals surface area (Å²) in [6, 6.07) is -0.0189. The number of piperazine rings is 1. The number of aliphatic imine (C=N–C) groups is 1. The number of halogens is 1. The first-order chi connectivity index (χ1) is 13.0. The van der Waals surface area contributed by atoms with Crippen molar-refractivity contribution in [3.05, 3.63) is 0 Å². The minimum absolute atomic E-state index is 0. The summed E-state index contributed by atoms with van der Waals surface area (Å²) in [5, 5.41) is 3.40. The van der Waals surface area contributed by atoms with Gasteiger partial charge in [0.2, 0.25) is 5.91 Å². The highest BCUT2D eigenvalue weighted by atomic mass is 127. The number of likely N-dealkylation sites (tertiary alicyclic amines) is 1. The molecule has 1 unspecified atom stereocenters. The van der Waals surface area contributed by atoms with Gasteiger partial charge in [0.15, 0.2) is 5.96 Å². The van der Waals surface area contributed by atoms with Gasteiger partial charge in [0.05, 0.1) is 12.6 Å². The van der Waals surface area contributed by atoms with E-state index in [0.29, 0.717) is 18.4 Å². The van der Waals surface area contributed by atoms with Gasteiger partial charge in [-0.15, -0.1) is 24.0 Å². The summed E-state index contributed by atoms with van der Waals surface area (Å²) in [6.07, 6.45) is 3.40. The highest BCUT2D eigenvalue weighted by molar-refractivity contribution is 14.0. The highest BCUT2D eigenvalue weighted by Crippen LogP contribution is 2.14. The number of nitrogens with one attached hydrogen (secondary N) is 1. The molecule has 2 rings (SSSR count). The van der Waals surface area contributed by atoms with E-state index in [1.807, 2.05) is 11.9 Å². The number of carbonyl (C=O) groups is 1. The molecule has 0 radical (unpaired) electrons. The Morgan fingerprint density at radius 2 is 1.64 bits per heavy atom. The molecule has 0 aromatic carbocycles. The summed E-state index contributed by atoms with van der Waals surface area (Å²) in [4.78, 5) is 23.6. The second-order valence-corrected chi connectivity index (χ2v) is 8.00. The zero-order valence-corrected chi connectivity index (χ0v) is 20.5. The Morgan fingerprint density at radius 1 is 1.00 bits per heavy atom. The van der Waals surface area contributed by atoms with Crippen LogP contribution in [-0.4, -0.2) is 98.7 Å². The molecule has 0 bridgehead atoms. The molecule has 2 aliphatic rings.